The van der Waals surface area contributed by atoms with Crippen molar-refractivity contribution in [1.29, 1.82) is 0 Å². The maximum absolute atomic E-state index is 12.4. The Hall–Kier alpha value is -1.75. The summed E-state index contributed by atoms with van der Waals surface area (Å²) in [5, 5.41) is 0. The number of hydrogen-bond acceptors (Lipinski definition) is 4. The van der Waals surface area contributed by atoms with Gasteiger partial charge in [-0.25, -0.2) is 0 Å². The fourth-order valence-corrected chi connectivity index (χ4v) is 1.85. The lowest BCUT2D eigenvalue weighted by molar-refractivity contribution is -0.140. The molecular weight excluding hydrogens is 292 g/mol. The highest BCUT2D eigenvalue weighted by molar-refractivity contribution is 5.94. The number of ether oxygens (including phenoxy) is 1. The summed E-state index contributed by atoms with van der Waals surface area (Å²) >= 11 is 0. The van der Waals surface area contributed by atoms with Gasteiger partial charge in [0.25, 0.3) is 5.91 Å². The summed E-state index contributed by atoms with van der Waals surface area (Å²) in [6.07, 6.45) is 0.198. The van der Waals surface area contributed by atoms with Gasteiger partial charge < -0.3 is 15.4 Å². The third kappa shape index (κ3) is 6.49. The van der Waals surface area contributed by atoms with Gasteiger partial charge in [0.2, 0.25) is 0 Å². The molecule has 1 aromatic rings. The van der Waals surface area contributed by atoms with Crippen LogP contribution in [0.15, 0.2) is 24.3 Å². The molecule has 1 aromatic carbocycles. The molecule has 0 spiro atoms. The number of nitrogen functional groups attached to an aromatic ring is 1. The van der Waals surface area contributed by atoms with Crippen molar-refractivity contribution in [1.82, 2.24) is 4.90 Å². The maximum atomic E-state index is 12.4. The maximum Gasteiger partial charge on any atom is 0.307 e. The fourth-order valence-electron chi connectivity index (χ4n) is 1.85. The van der Waals surface area contributed by atoms with Crippen LogP contribution in [-0.4, -0.2) is 37.0 Å². The van der Waals surface area contributed by atoms with E-state index < -0.39 is 0 Å². The topological polar surface area (TPSA) is 72.6 Å². The Balaban J connectivity index is 0.00000400. The molecule has 1 rings (SSSR count). The molecule has 0 heterocycles. The molecule has 0 radical (unpaired) electrons. The second-order valence-corrected chi connectivity index (χ2v) is 5.09. The Morgan fingerprint density at radius 3 is 2.29 bits per heavy atom. The van der Waals surface area contributed by atoms with Gasteiger partial charge in [-0.3, -0.25) is 9.59 Å². The minimum Gasteiger partial charge on any atom is -0.469 e. The molecular formula is C15H23ClN2O3. The van der Waals surface area contributed by atoms with Gasteiger partial charge in [0.1, 0.15) is 0 Å². The third-order valence-corrected chi connectivity index (χ3v) is 2.84. The Labute approximate surface area is 131 Å². The first-order valence-corrected chi connectivity index (χ1v) is 6.65. The van der Waals surface area contributed by atoms with Gasteiger partial charge in [-0.05, 0) is 30.2 Å². The van der Waals surface area contributed by atoms with Crippen molar-refractivity contribution in [2.24, 2.45) is 5.92 Å². The molecule has 0 saturated heterocycles. The average molecular weight is 315 g/mol. The highest BCUT2D eigenvalue weighted by Crippen LogP contribution is 2.11. The highest BCUT2D eigenvalue weighted by atomic mass is 35.5. The van der Waals surface area contributed by atoms with Crippen LogP contribution in [0.25, 0.3) is 0 Å². The number of hydrogen-bond donors (Lipinski definition) is 1. The van der Waals surface area contributed by atoms with Crippen LogP contribution in [0.4, 0.5) is 5.69 Å². The van der Waals surface area contributed by atoms with Gasteiger partial charge in [0.05, 0.1) is 13.5 Å². The number of carbonyl (C=O) groups excluding carboxylic acids is 2. The van der Waals surface area contributed by atoms with E-state index in [2.05, 4.69) is 4.74 Å². The predicted octanol–water partition coefficient (Wildman–Crippen LogP) is 2.35. The van der Waals surface area contributed by atoms with Gasteiger partial charge in [-0.2, -0.15) is 0 Å². The highest BCUT2D eigenvalue weighted by Gasteiger charge is 2.18. The number of anilines is 1. The van der Waals surface area contributed by atoms with Crippen molar-refractivity contribution in [2.45, 2.75) is 20.3 Å². The number of halogens is 1. The second-order valence-electron chi connectivity index (χ2n) is 5.09. The Kier molecular flexibility index (Phi) is 8.47. The molecule has 6 heteroatoms. The van der Waals surface area contributed by atoms with E-state index >= 15 is 0 Å². The number of esters is 1. The number of benzene rings is 1. The largest absolute Gasteiger partial charge is 0.469 e. The molecule has 0 aliphatic rings. The monoisotopic (exact) mass is 314 g/mol. The van der Waals surface area contributed by atoms with E-state index in [1.807, 2.05) is 13.8 Å². The molecule has 0 unspecified atom stereocenters. The van der Waals surface area contributed by atoms with E-state index in [9.17, 15) is 9.59 Å². The Morgan fingerprint density at radius 2 is 1.81 bits per heavy atom. The fraction of sp³-hybridized carbons (Fsp3) is 0.467. The zero-order chi connectivity index (χ0) is 15.1. The minimum absolute atomic E-state index is 0. The first kappa shape index (κ1) is 19.2. The van der Waals surface area contributed by atoms with Crippen molar-refractivity contribution in [2.75, 3.05) is 25.9 Å². The normalized spacial score (nSPS) is 9.90. The summed E-state index contributed by atoms with van der Waals surface area (Å²) in [4.78, 5) is 25.3. The average Bonchev–Trinajstić information content (AvgIpc) is 2.42. The van der Waals surface area contributed by atoms with Crippen LogP contribution in [0.1, 0.15) is 30.6 Å². The quantitative estimate of drug-likeness (QED) is 0.646. The van der Waals surface area contributed by atoms with Gasteiger partial charge in [-0.15, -0.1) is 12.4 Å². The van der Waals surface area contributed by atoms with Crippen molar-refractivity contribution in [3.63, 3.8) is 0 Å². The first-order valence-electron chi connectivity index (χ1n) is 6.65. The number of carbonyl (C=O) groups is 2. The molecule has 0 aliphatic heterocycles. The summed E-state index contributed by atoms with van der Waals surface area (Å²) in [6.45, 7) is 5.01. The van der Waals surface area contributed by atoms with Crippen LogP contribution in [0.5, 0.6) is 0 Å². The number of methoxy groups -OCH3 is 1. The lowest BCUT2D eigenvalue weighted by Gasteiger charge is -2.24. The standard InChI is InChI=1S/C15H22N2O3.ClH/c1-11(2)10-17(9-8-14(18)20-3)15(19)12-4-6-13(16)7-5-12;/h4-7,11H,8-10,16H2,1-3H3;1H. The van der Waals surface area contributed by atoms with Crippen molar-refractivity contribution >= 4 is 30.0 Å². The molecule has 0 fully saturated rings. The van der Waals surface area contributed by atoms with E-state index in [1.165, 1.54) is 7.11 Å². The Bertz CT molecular complexity index is 460. The summed E-state index contributed by atoms with van der Waals surface area (Å²) < 4.78 is 4.61. The molecule has 0 aliphatic carbocycles. The summed E-state index contributed by atoms with van der Waals surface area (Å²) in [6, 6.07) is 6.79. The molecule has 21 heavy (non-hydrogen) atoms. The first-order chi connectivity index (χ1) is 9.43. The SMILES string of the molecule is COC(=O)CCN(CC(C)C)C(=O)c1ccc(N)cc1.Cl. The molecule has 5 nitrogen and oxygen atoms in total. The van der Waals surface area contributed by atoms with Gasteiger partial charge in [-0.1, -0.05) is 13.8 Å². The van der Waals surface area contributed by atoms with E-state index in [1.54, 1.807) is 29.2 Å². The van der Waals surface area contributed by atoms with Crippen molar-refractivity contribution in [3.05, 3.63) is 29.8 Å². The minimum atomic E-state index is -0.316. The van der Waals surface area contributed by atoms with Crippen molar-refractivity contribution in [3.8, 4) is 0 Å². The molecule has 0 atom stereocenters. The van der Waals surface area contributed by atoms with Crippen LogP contribution < -0.4 is 5.73 Å². The smallest absolute Gasteiger partial charge is 0.307 e. The van der Waals surface area contributed by atoms with E-state index in [0.717, 1.165) is 0 Å². The summed E-state index contributed by atoms with van der Waals surface area (Å²) in [7, 11) is 1.34. The lowest BCUT2D eigenvalue weighted by atomic mass is 10.1. The molecule has 0 aromatic heterocycles. The van der Waals surface area contributed by atoms with E-state index in [0.29, 0.717) is 30.3 Å². The van der Waals surface area contributed by atoms with Gasteiger partial charge in [0.15, 0.2) is 0 Å². The summed E-state index contributed by atoms with van der Waals surface area (Å²) in [5.74, 6) is -0.0863. The van der Waals surface area contributed by atoms with Crippen LogP contribution in [0, 0.1) is 5.92 Å². The number of nitrogens with zero attached hydrogens (tertiary/aromatic N) is 1. The second kappa shape index (κ2) is 9.23. The van der Waals surface area contributed by atoms with Gasteiger partial charge in [0, 0.05) is 24.3 Å². The molecule has 0 saturated carbocycles. The zero-order valence-electron chi connectivity index (χ0n) is 12.7. The van der Waals surface area contributed by atoms with E-state index in [4.69, 9.17) is 5.73 Å². The molecule has 2 N–H and O–H groups in total. The zero-order valence-corrected chi connectivity index (χ0v) is 13.5. The number of nitrogens with two attached hydrogens (primary N) is 1. The third-order valence-electron chi connectivity index (χ3n) is 2.84. The molecule has 118 valence electrons. The van der Waals surface area contributed by atoms with Crippen molar-refractivity contribution < 1.29 is 14.3 Å². The van der Waals surface area contributed by atoms with E-state index in [-0.39, 0.29) is 30.7 Å². The van der Waals surface area contributed by atoms with Crippen LogP contribution in [0.2, 0.25) is 0 Å². The van der Waals surface area contributed by atoms with Crippen LogP contribution in [-0.2, 0) is 9.53 Å². The summed E-state index contributed by atoms with van der Waals surface area (Å²) in [5.41, 5.74) is 6.80. The number of rotatable bonds is 6. The molecule has 1 amide bonds. The predicted molar refractivity (Wildman–Crippen MR) is 85.5 cm³/mol. The van der Waals surface area contributed by atoms with Crippen LogP contribution in [0.3, 0.4) is 0 Å². The molecule has 0 bridgehead atoms. The number of amides is 1. The van der Waals surface area contributed by atoms with Crippen LogP contribution >= 0.6 is 12.4 Å². The van der Waals surface area contributed by atoms with Gasteiger partial charge >= 0.3 is 5.97 Å². The lowest BCUT2D eigenvalue weighted by Crippen LogP contribution is -2.36. The Morgan fingerprint density at radius 1 is 1.24 bits per heavy atom.